The number of pyridine rings is 1. The largest absolute Gasteiger partial charge is 0.331 e. The number of hydrogen-bond acceptors (Lipinski definition) is 2. The Morgan fingerprint density at radius 2 is 1.38 bits per heavy atom. The van der Waals surface area contributed by atoms with Crippen LogP contribution in [0.15, 0.2) is 139 Å². The molecule has 0 aliphatic heterocycles. The fraction of sp³-hybridized carbons (Fsp3) is 0.0571. The smallest absolute Gasteiger partial charge is 0.0669 e. The maximum absolute atomic E-state index is 7.99. The molecule has 3 nitrogen and oxygen atoms in total. The van der Waals surface area contributed by atoms with Crippen LogP contribution in [-0.2, 0) is 20.1 Å². The Morgan fingerprint density at radius 3 is 1.97 bits per heavy atom. The standard InChI is InChI=1S/C18H17N2.C17H12N.Ir/c1-3-14(2)13-20-18(19)17-11-7-10-16(12-17)15-8-5-4-6-9-15;1-2-7-14(8-3-1)15-9-6-10-16(13-15)17-11-4-5-12-18-17;/h4-10,12-13,19H,2-3H2,1H3;1-9,11-13H;/q2*-1;. The van der Waals surface area contributed by atoms with Crippen molar-refractivity contribution in [1.29, 1.82) is 5.41 Å². The monoisotopic (exact) mass is 684 g/mol. The zero-order valence-electron chi connectivity index (χ0n) is 21.8. The number of nitrogens with zero attached hydrogens (tertiary/aromatic N) is 2. The zero-order valence-corrected chi connectivity index (χ0v) is 24.2. The number of amidine groups is 1. The van der Waals surface area contributed by atoms with E-state index in [4.69, 9.17) is 5.41 Å². The topological polar surface area (TPSA) is 49.1 Å². The third kappa shape index (κ3) is 8.65. The zero-order chi connectivity index (χ0) is 26.6. The number of benzene rings is 4. The van der Waals surface area contributed by atoms with Gasteiger partial charge in [0.05, 0.1) is 5.84 Å². The minimum Gasteiger partial charge on any atom is -0.331 e. The first kappa shape index (κ1) is 29.3. The van der Waals surface area contributed by atoms with Crippen LogP contribution >= 0.6 is 0 Å². The summed E-state index contributed by atoms with van der Waals surface area (Å²) in [4.78, 5) is 8.48. The van der Waals surface area contributed by atoms with E-state index < -0.39 is 0 Å². The van der Waals surface area contributed by atoms with Gasteiger partial charge in [-0.3, -0.25) is 4.99 Å². The molecule has 1 heterocycles. The Hall–Kier alpha value is -4.24. The number of aromatic nitrogens is 1. The third-order valence-electron chi connectivity index (χ3n) is 5.84. The second kappa shape index (κ2) is 15.2. The van der Waals surface area contributed by atoms with Crippen molar-refractivity contribution in [2.75, 3.05) is 0 Å². The fourth-order valence-electron chi connectivity index (χ4n) is 3.68. The van der Waals surface area contributed by atoms with Crippen molar-refractivity contribution in [2.24, 2.45) is 4.99 Å². The summed E-state index contributed by atoms with van der Waals surface area (Å²) in [6, 6.07) is 44.5. The van der Waals surface area contributed by atoms with Crippen molar-refractivity contribution < 1.29 is 20.1 Å². The second-order valence-electron chi connectivity index (χ2n) is 8.55. The summed E-state index contributed by atoms with van der Waals surface area (Å²) in [5, 5.41) is 7.99. The predicted octanol–water partition coefficient (Wildman–Crippen LogP) is 8.73. The van der Waals surface area contributed by atoms with Gasteiger partial charge < -0.3 is 10.4 Å². The molecule has 0 spiro atoms. The maximum atomic E-state index is 7.99. The first-order valence-corrected chi connectivity index (χ1v) is 12.5. The molecule has 0 amide bonds. The van der Waals surface area contributed by atoms with Crippen LogP contribution in [0, 0.1) is 17.5 Å². The minimum atomic E-state index is 0. The normalized spacial score (nSPS) is 10.2. The Bertz CT molecular complexity index is 1460. The van der Waals surface area contributed by atoms with Gasteiger partial charge in [0.1, 0.15) is 0 Å². The van der Waals surface area contributed by atoms with Gasteiger partial charge in [0.15, 0.2) is 0 Å². The van der Waals surface area contributed by atoms with Gasteiger partial charge in [0, 0.05) is 32.5 Å². The predicted molar refractivity (Wildman–Crippen MR) is 159 cm³/mol. The molecular formula is C35H29IrN3-2. The van der Waals surface area contributed by atoms with Crippen LogP contribution in [0.5, 0.6) is 0 Å². The molecule has 0 aliphatic rings. The van der Waals surface area contributed by atoms with E-state index in [1.165, 1.54) is 11.1 Å². The third-order valence-corrected chi connectivity index (χ3v) is 5.84. The summed E-state index contributed by atoms with van der Waals surface area (Å²) in [7, 11) is 0. The molecule has 0 bridgehead atoms. The van der Waals surface area contributed by atoms with Gasteiger partial charge in [0.25, 0.3) is 0 Å². The van der Waals surface area contributed by atoms with Crippen molar-refractivity contribution in [3.63, 3.8) is 0 Å². The fourth-order valence-corrected chi connectivity index (χ4v) is 3.68. The average molecular weight is 684 g/mol. The molecule has 1 N–H and O–H groups in total. The van der Waals surface area contributed by atoms with Crippen LogP contribution < -0.4 is 0 Å². The first-order valence-electron chi connectivity index (χ1n) is 12.5. The molecule has 5 aromatic rings. The number of allylic oxidation sites excluding steroid dienone is 1. The van der Waals surface area contributed by atoms with Gasteiger partial charge in [0.2, 0.25) is 0 Å². The number of nitrogens with one attached hydrogen (secondary N) is 1. The molecular weight excluding hydrogens is 655 g/mol. The first-order chi connectivity index (χ1) is 18.6. The molecule has 0 atom stereocenters. The van der Waals surface area contributed by atoms with E-state index in [9.17, 15) is 0 Å². The number of rotatable bonds is 6. The Kier molecular flexibility index (Phi) is 11.5. The molecule has 1 aromatic heterocycles. The van der Waals surface area contributed by atoms with E-state index in [2.05, 4.69) is 53.0 Å². The SMILES string of the molecule is C=C(C=NC(=N)c1[c-]ccc(-c2ccccc2)c1)CC.[Ir].[c-]1ccc(-c2ccccc2)cc1-c1ccccn1. The van der Waals surface area contributed by atoms with E-state index in [0.717, 1.165) is 34.4 Å². The Labute approximate surface area is 244 Å². The number of hydrogen-bond donors (Lipinski definition) is 1. The minimum absolute atomic E-state index is 0. The van der Waals surface area contributed by atoms with Gasteiger partial charge in [-0.2, -0.15) is 0 Å². The maximum Gasteiger partial charge on any atom is 0.0669 e. The van der Waals surface area contributed by atoms with E-state index in [1.54, 1.807) is 12.4 Å². The van der Waals surface area contributed by atoms with Crippen molar-refractivity contribution >= 4 is 12.1 Å². The molecule has 0 saturated heterocycles. The van der Waals surface area contributed by atoms with Crippen LogP contribution in [0.3, 0.4) is 0 Å². The van der Waals surface area contributed by atoms with Gasteiger partial charge in [-0.1, -0.05) is 86.3 Å². The second-order valence-corrected chi connectivity index (χ2v) is 8.55. The molecule has 0 aliphatic carbocycles. The van der Waals surface area contributed by atoms with Crippen molar-refractivity contribution in [3.8, 4) is 33.5 Å². The van der Waals surface area contributed by atoms with Crippen LogP contribution in [0.2, 0.25) is 0 Å². The van der Waals surface area contributed by atoms with E-state index in [-0.39, 0.29) is 25.9 Å². The van der Waals surface area contributed by atoms with E-state index in [0.29, 0.717) is 5.56 Å². The van der Waals surface area contributed by atoms with Crippen molar-refractivity contribution in [1.82, 2.24) is 4.98 Å². The van der Waals surface area contributed by atoms with Crippen molar-refractivity contribution in [2.45, 2.75) is 13.3 Å². The number of aliphatic imine (C=N–C) groups is 1. The van der Waals surface area contributed by atoms with Crippen LogP contribution in [0.4, 0.5) is 0 Å². The van der Waals surface area contributed by atoms with Crippen LogP contribution in [0.25, 0.3) is 33.5 Å². The summed E-state index contributed by atoms with van der Waals surface area (Å²) in [5.41, 5.74) is 8.16. The molecule has 1 radical (unpaired) electrons. The summed E-state index contributed by atoms with van der Waals surface area (Å²) >= 11 is 0. The average Bonchev–Trinajstić information content (AvgIpc) is 3.01. The van der Waals surface area contributed by atoms with E-state index in [1.807, 2.05) is 97.9 Å². The molecule has 4 heteroatoms. The van der Waals surface area contributed by atoms with E-state index >= 15 is 0 Å². The van der Waals surface area contributed by atoms with Crippen molar-refractivity contribution in [3.05, 3.63) is 151 Å². The quantitative estimate of drug-likeness (QED) is 0.109. The molecule has 0 fully saturated rings. The summed E-state index contributed by atoms with van der Waals surface area (Å²) in [6.45, 7) is 5.86. The van der Waals surface area contributed by atoms with Crippen LogP contribution in [-0.4, -0.2) is 17.0 Å². The molecule has 195 valence electrons. The molecule has 39 heavy (non-hydrogen) atoms. The van der Waals surface area contributed by atoms with Gasteiger partial charge in [-0.15, -0.1) is 70.8 Å². The molecule has 4 aromatic carbocycles. The van der Waals surface area contributed by atoms with Gasteiger partial charge in [-0.25, -0.2) is 0 Å². The summed E-state index contributed by atoms with van der Waals surface area (Å²) in [6.07, 6.45) is 4.29. The summed E-state index contributed by atoms with van der Waals surface area (Å²) in [5.74, 6) is 0.206. The van der Waals surface area contributed by atoms with Gasteiger partial charge >= 0.3 is 0 Å². The molecule has 0 unspecified atom stereocenters. The molecule has 0 saturated carbocycles. The summed E-state index contributed by atoms with van der Waals surface area (Å²) < 4.78 is 0. The van der Waals surface area contributed by atoms with Crippen LogP contribution in [0.1, 0.15) is 18.9 Å². The molecule has 5 rings (SSSR count). The Balaban J connectivity index is 0.000000211. The Morgan fingerprint density at radius 1 is 0.795 bits per heavy atom. The van der Waals surface area contributed by atoms with Gasteiger partial charge in [-0.05, 0) is 34.9 Å².